The molecule has 3 heterocycles. The Kier molecular flexibility index (Phi) is 4.07. The van der Waals surface area contributed by atoms with Gasteiger partial charge < -0.3 is 5.32 Å². The molecule has 3 aromatic heterocycles. The Morgan fingerprint density at radius 1 is 1.12 bits per heavy atom. The molecule has 0 amide bonds. The van der Waals surface area contributed by atoms with Crippen LogP contribution in [0.15, 0.2) is 61.1 Å². The van der Waals surface area contributed by atoms with Crippen LogP contribution in [0.2, 0.25) is 5.02 Å². The minimum atomic E-state index is 0.689. The molecule has 0 aliphatic carbocycles. The second-order valence-electron chi connectivity index (χ2n) is 5.80. The molecule has 0 aliphatic rings. The van der Waals surface area contributed by atoms with Crippen molar-refractivity contribution in [3.63, 3.8) is 0 Å². The van der Waals surface area contributed by atoms with E-state index in [1.54, 1.807) is 6.20 Å². The van der Waals surface area contributed by atoms with Crippen LogP contribution in [0, 0.1) is 6.92 Å². The van der Waals surface area contributed by atoms with E-state index in [0.717, 1.165) is 28.3 Å². The highest BCUT2D eigenvalue weighted by molar-refractivity contribution is 6.30. The molecule has 0 bridgehead atoms. The molecule has 1 N–H and O–H groups in total. The lowest BCUT2D eigenvalue weighted by molar-refractivity contribution is 0.929. The van der Waals surface area contributed by atoms with Crippen LogP contribution in [0.5, 0.6) is 0 Å². The van der Waals surface area contributed by atoms with Crippen LogP contribution in [0.25, 0.3) is 16.9 Å². The van der Waals surface area contributed by atoms with Gasteiger partial charge in [0.1, 0.15) is 5.82 Å². The minimum Gasteiger partial charge on any atom is -0.365 e. The van der Waals surface area contributed by atoms with Gasteiger partial charge >= 0.3 is 0 Å². The van der Waals surface area contributed by atoms with E-state index < -0.39 is 0 Å². The van der Waals surface area contributed by atoms with Crippen LogP contribution in [0.3, 0.4) is 0 Å². The number of nitrogens with one attached hydrogen (secondary N) is 1. The molecule has 25 heavy (non-hydrogen) atoms. The third kappa shape index (κ3) is 3.19. The number of pyridine rings is 1. The third-order valence-electron chi connectivity index (χ3n) is 4.08. The fourth-order valence-corrected chi connectivity index (χ4v) is 2.89. The van der Waals surface area contributed by atoms with E-state index in [1.165, 1.54) is 5.56 Å². The molecule has 0 fully saturated rings. The SMILES string of the molecule is Cc1cnccc1CNc1ccc2ncc(-c3cccc(Cl)c3)n2n1. The van der Waals surface area contributed by atoms with Gasteiger partial charge in [0.25, 0.3) is 0 Å². The summed E-state index contributed by atoms with van der Waals surface area (Å²) in [6.07, 6.45) is 5.47. The van der Waals surface area contributed by atoms with E-state index in [-0.39, 0.29) is 0 Å². The van der Waals surface area contributed by atoms with Crippen molar-refractivity contribution in [2.75, 3.05) is 5.32 Å². The number of benzene rings is 1. The largest absolute Gasteiger partial charge is 0.365 e. The zero-order chi connectivity index (χ0) is 17.2. The summed E-state index contributed by atoms with van der Waals surface area (Å²) in [5, 5.41) is 8.72. The summed E-state index contributed by atoms with van der Waals surface area (Å²) in [6, 6.07) is 13.6. The van der Waals surface area contributed by atoms with E-state index in [1.807, 2.05) is 66.3 Å². The van der Waals surface area contributed by atoms with Crippen molar-refractivity contribution in [2.24, 2.45) is 0 Å². The molecule has 4 aromatic rings. The van der Waals surface area contributed by atoms with Crippen LogP contribution in [0.4, 0.5) is 5.82 Å². The molecular formula is C19H16ClN5. The number of nitrogens with zero attached hydrogens (tertiary/aromatic N) is 4. The zero-order valence-corrected chi connectivity index (χ0v) is 14.4. The normalized spacial score (nSPS) is 11.0. The fraction of sp³-hybridized carbons (Fsp3) is 0.105. The number of fused-ring (bicyclic) bond motifs is 1. The van der Waals surface area contributed by atoms with Gasteiger partial charge in [0.05, 0.1) is 11.9 Å². The Balaban J connectivity index is 1.65. The van der Waals surface area contributed by atoms with Crippen molar-refractivity contribution in [2.45, 2.75) is 13.5 Å². The predicted molar refractivity (Wildman–Crippen MR) is 99.7 cm³/mol. The molecule has 0 radical (unpaired) electrons. The average molecular weight is 350 g/mol. The Morgan fingerprint density at radius 2 is 2.04 bits per heavy atom. The lowest BCUT2D eigenvalue weighted by Gasteiger charge is -2.09. The summed E-state index contributed by atoms with van der Waals surface area (Å²) < 4.78 is 1.83. The highest BCUT2D eigenvalue weighted by Gasteiger charge is 2.08. The molecule has 0 saturated carbocycles. The number of anilines is 1. The minimum absolute atomic E-state index is 0.689. The lowest BCUT2D eigenvalue weighted by atomic mass is 10.1. The summed E-state index contributed by atoms with van der Waals surface area (Å²) in [7, 11) is 0. The van der Waals surface area contributed by atoms with Crippen LogP contribution in [-0.4, -0.2) is 19.6 Å². The third-order valence-corrected chi connectivity index (χ3v) is 4.31. The quantitative estimate of drug-likeness (QED) is 0.594. The molecule has 0 saturated heterocycles. The molecule has 5 nitrogen and oxygen atoms in total. The first-order chi connectivity index (χ1) is 12.2. The van der Waals surface area contributed by atoms with Crippen LogP contribution in [-0.2, 0) is 6.54 Å². The highest BCUT2D eigenvalue weighted by Crippen LogP contribution is 2.23. The van der Waals surface area contributed by atoms with Crippen molar-refractivity contribution >= 4 is 23.1 Å². The Morgan fingerprint density at radius 3 is 2.88 bits per heavy atom. The first kappa shape index (κ1) is 15.6. The molecule has 6 heteroatoms. The van der Waals surface area contributed by atoms with Gasteiger partial charge in [-0.25, -0.2) is 9.50 Å². The van der Waals surface area contributed by atoms with Crippen LogP contribution >= 0.6 is 11.6 Å². The van der Waals surface area contributed by atoms with Crippen LogP contribution < -0.4 is 5.32 Å². The van der Waals surface area contributed by atoms with E-state index in [2.05, 4.69) is 20.4 Å². The number of rotatable bonds is 4. The number of aryl methyl sites for hydroxylation is 1. The van der Waals surface area contributed by atoms with Gasteiger partial charge in [-0.15, -0.1) is 5.10 Å². The van der Waals surface area contributed by atoms with Gasteiger partial charge in [0.2, 0.25) is 0 Å². The molecule has 4 rings (SSSR count). The molecule has 0 aliphatic heterocycles. The maximum Gasteiger partial charge on any atom is 0.154 e. The summed E-state index contributed by atoms with van der Waals surface area (Å²) in [5.74, 6) is 0.782. The smallest absolute Gasteiger partial charge is 0.154 e. The van der Waals surface area contributed by atoms with E-state index >= 15 is 0 Å². The number of imidazole rings is 1. The topological polar surface area (TPSA) is 55.1 Å². The second kappa shape index (κ2) is 6.53. The van der Waals surface area contributed by atoms with Crippen molar-refractivity contribution in [3.8, 4) is 11.3 Å². The number of hydrogen-bond acceptors (Lipinski definition) is 4. The molecule has 1 aromatic carbocycles. The highest BCUT2D eigenvalue weighted by atomic mass is 35.5. The van der Waals surface area contributed by atoms with E-state index in [9.17, 15) is 0 Å². The Bertz CT molecular complexity index is 1040. The molecule has 0 unspecified atom stereocenters. The van der Waals surface area contributed by atoms with Gasteiger partial charge in [-0.05, 0) is 48.4 Å². The Hall–Kier alpha value is -2.92. The van der Waals surface area contributed by atoms with Crippen LogP contribution in [0.1, 0.15) is 11.1 Å². The zero-order valence-electron chi connectivity index (χ0n) is 13.6. The van der Waals surface area contributed by atoms with E-state index in [0.29, 0.717) is 11.6 Å². The maximum absolute atomic E-state index is 6.11. The standard InChI is InChI=1S/C19H16ClN5/c1-13-10-21-8-7-15(13)11-22-18-5-6-19-23-12-17(25(19)24-18)14-3-2-4-16(20)9-14/h2-10,12H,11H2,1H3,(H,22,24). The summed E-state index contributed by atoms with van der Waals surface area (Å²) in [5.41, 5.74) is 5.02. The lowest BCUT2D eigenvalue weighted by Crippen LogP contribution is -2.05. The molecule has 124 valence electrons. The summed E-state index contributed by atoms with van der Waals surface area (Å²) >= 11 is 6.11. The monoisotopic (exact) mass is 349 g/mol. The van der Waals surface area contributed by atoms with Crippen molar-refractivity contribution < 1.29 is 0 Å². The number of hydrogen-bond donors (Lipinski definition) is 1. The van der Waals surface area contributed by atoms with Crippen molar-refractivity contribution in [1.29, 1.82) is 0 Å². The van der Waals surface area contributed by atoms with Gasteiger partial charge in [-0.1, -0.05) is 23.7 Å². The van der Waals surface area contributed by atoms with Crippen molar-refractivity contribution in [1.82, 2.24) is 19.6 Å². The Labute approximate surface area is 150 Å². The predicted octanol–water partition coefficient (Wildman–Crippen LogP) is 4.37. The first-order valence-electron chi connectivity index (χ1n) is 7.95. The van der Waals surface area contributed by atoms with Crippen molar-refractivity contribution in [3.05, 3.63) is 77.2 Å². The molecule has 0 spiro atoms. The van der Waals surface area contributed by atoms with E-state index in [4.69, 9.17) is 11.6 Å². The van der Waals surface area contributed by atoms with Gasteiger partial charge in [0, 0.05) is 29.5 Å². The van der Waals surface area contributed by atoms with Gasteiger partial charge in [-0.2, -0.15) is 0 Å². The molecular weight excluding hydrogens is 334 g/mol. The molecule has 0 atom stereocenters. The fourth-order valence-electron chi connectivity index (χ4n) is 2.70. The summed E-state index contributed by atoms with van der Waals surface area (Å²) in [6.45, 7) is 2.74. The van der Waals surface area contributed by atoms with Gasteiger partial charge in [0.15, 0.2) is 5.65 Å². The first-order valence-corrected chi connectivity index (χ1v) is 8.32. The summed E-state index contributed by atoms with van der Waals surface area (Å²) in [4.78, 5) is 8.54. The van der Waals surface area contributed by atoms with Gasteiger partial charge in [-0.3, -0.25) is 4.98 Å². The number of halogens is 1. The number of aromatic nitrogens is 4. The average Bonchev–Trinajstić information content (AvgIpc) is 3.04. The maximum atomic E-state index is 6.11. The second-order valence-corrected chi connectivity index (χ2v) is 6.23.